The highest BCUT2D eigenvalue weighted by atomic mass is 32.1. The minimum atomic E-state index is 0.115. The highest BCUT2D eigenvalue weighted by Gasteiger charge is 2.34. The van der Waals surface area contributed by atoms with Crippen LogP contribution in [0.1, 0.15) is 26.2 Å². The molecule has 0 aromatic rings. The van der Waals surface area contributed by atoms with Crippen molar-refractivity contribution in [2.75, 3.05) is 26.3 Å². The summed E-state index contributed by atoms with van der Waals surface area (Å²) in [5, 5.41) is 0. The van der Waals surface area contributed by atoms with Crippen molar-refractivity contribution in [3.63, 3.8) is 0 Å². The van der Waals surface area contributed by atoms with Crippen molar-refractivity contribution in [2.24, 2.45) is 23.5 Å². The lowest BCUT2D eigenvalue weighted by Crippen LogP contribution is -2.48. The zero-order valence-electron chi connectivity index (χ0n) is 10.9. The molecule has 0 saturated carbocycles. The fourth-order valence-corrected chi connectivity index (χ4v) is 3.08. The molecule has 2 fully saturated rings. The van der Waals surface area contributed by atoms with Crippen molar-refractivity contribution in [2.45, 2.75) is 26.2 Å². The molecule has 2 rings (SSSR count). The van der Waals surface area contributed by atoms with Crippen LogP contribution < -0.4 is 5.73 Å². The van der Waals surface area contributed by atoms with E-state index in [0.29, 0.717) is 30.7 Å². The first kappa shape index (κ1) is 13.7. The van der Waals surface area contributed by atoms with Gasteiger partial charge in [0.05, 0.1) is 4.99 Å². The zero-order valence-corrected chi connectivity index (χ0v) is 11.7. The van der Waals surface area contributed by atoms with Crippen molar-refractivity contribution in [1.29, 1.82) is 0 Å². The molecule has 3 unspecified atom stereocenters. The first-order valence-electron chi connectivity index (χ1n) is 6.75. The number of carbonyl (C=O) groups excluding carboxylic acids is 1. The van der Waals surface area contributed by atoms with Gasteiger partial charge < -0.3 is 15.4 Å². The van der Waals surface area contributed by atoms with E-state index in [1.807, 2.05) is 4.90 Å². The Balaban J connectivity index is 1.97. The maximum absolute atomic E-state index is 12.5. The molecule has 3 atom stereocenters. The van der Waals surface area contributed by atoms with Crippen LogP contribution in [0.25, 0.3) is 0 Å². The Morgan fingerprint density at radius 2 is 2.22 bits per heavy atom. The largest absolute Gasteiger partial charge is 0.393 e. The van der Waals surface area contributed by atoms with Gasteiger partial charge in [0.1, 0.15) is 0 Å². The molecule has 2 aliphatic rings. The van der Waals surface area contributed by atoms with Gasteiger partial charge >= 0.3 is 0 Å². The van der Waals surface area contributed by atoms with Crippen molar-refractivity contribution in [3.05, 3.63) is 0 Å². The molecular weight excluding hydrogens is 248 g/mol. The van der Waals surface area contributed by atoms with Crippen LogP contribution in [0.5, 0.6) is 0 Å². The lowest BCUT2D eigenvalue weighted by atomic mass is 9.87. The Morgan fingerprint density at radius 1 is 1.44 bits per heavy atom. The maximum atomic E-state index is 12.5. The molecule has 0 aromatic carbocycles. The van der Waals surface area contributed by atoms with E-state index in [4.69, 9.17) is 22.7 Å². The number of ether oxygens (including phenoxy) is 1. The number of likely N-dealkylation sites (tertiary alicyclic amines) is 1. The SMILES string of the molecule is CC1COCCC1C(=O)N1CCCC(C(N)=S)C1. The minimum absolute atomic E-state index is 0.115. The number of hydrogen-bond donors (Lipinski definition) is 1. The molecule has 0 aliphatic carbocycles. The quantitative estimate of drug-likeness (QED) is 0.766. The van der Waals surface area contributed by atoms with Crippen LogP contribution in [0.3, 0.4) is 0 Å². The van der Waals surface area contributed by atoms with E-state index in [1.165, 1.54) is 0 Å². The van der Waals surface area contributed by atoms with Gasteiger partial charge in [-0.15, -0.1) is 0 Å². The Kier molecular flexibility index (Phi) is 4.56. The molecule has 102 valence electrons. The zero-order chi connectivity index (χ0) is 13.1. The van der Waals surface area contributed by atoms with Gasteiger partial charge in [-0.2, -0.15) is 0 Å². The molecule has 0 spiro atoms. The van der Waals surface area contributed by atoms with Gasteiger partial charge in [0, 0.05) is 38.1 Å². The topological polar surface area (TPSA) is 55.6 Å². The summed E-state index contributed by atoms with van der Waals surface area (Å²) in [6, 6.07) is 0. The van der Waals surface area contributed by atoms with Crippen LogP contribution >= 0.6 is 12.2 Å². The number of carbonyl (C=O) groups is 1. The second kappa shape index (κ2) is 5.97. The number of amides is 1. The third kappa shape index (κ3) is 3.01. The van der Waals surface area contributed by atoms with Gasteiger partial charge in [0.2, 0.25) is 5.91 Å². The number of rotatable bonds is 2. The summed E-state index contributed by atoms with van der Waals surface area (Å²) in [7, 11) is 0. The van der Waals surface area contributed by atoms with E-state index in [0.717, 1.165) is 25.8 Å². The van der Waals surface area contributed by atoms with Gasteiger partial charge in [0.25, 0.3) is 0 Å². The van der Waals surface area contributed by atoms with Crippen LogP contribution in [-0.4, -0.2) is 42.1 Å². The van der Waals surface area contributed by atoms with Gasteiger partial charge in [-0.25, -0.2) is 0 Å². The predicted molar refractivity (Wildman–Crippen MR) is 74.2 cm³/mol. The molecule has 4 nitrogen and oxygen atoms in total. The molecule has 18 heavy (non-hydrogen) atoms. The summed E-state index contributed by atoms with van der Waals surface area (Å²) in [5.41, 5.74) is 5.71. The minimum Gasteiger partial charge on any atom is -0.393 e. The van der Waals surface area contributed by atoms with Gasteiger partial charge in [0.15, 0.2) is 0 Å². The predicted octanol–water partition coefficient (Wildman–Crippen LogP) is 1.18. The number of hydrogen-bond acceptors (Lipinski definition) is 3. The summed E-state index contributed by atoms with van der Waals surface area (Å²) in [6.07, 6.45) is 2.86. The maximum Gasteiger partial charge on any atom is 0.226 e. The number of nitrogens with zero attached hydrogens (tertiary/aromatic N) is 1. The van der Waals surface area contributed by atoms with E-state index in [2.05, 4.69) is 6.92 Å². The van der Waals surface area contributed by atoms with Crippen LogP contribution in [-0.2, 0) is 9.53 Å². The van der Waals surface area contributed by atoms with E-state index >= 15 is 0 Å². The van der Waals surface area contributed by atoms with E-state index in [-0.39, 0.29) is 17.7 Å². The third-order valence-electron chi connectivity index (χ3n) is 4.09. The fraction of sp³-hybridized carbons (Fsp3) is 0.846. The summed E-state index contributed by atoms with van der Waals surface area (Å²) in [6.45, 7) is 5.05. The van der Waals surface area contributed by atoms with Crippen molar-refractivity contribution in [1.82, 2.24) is 4.90 Å². The highest BCUT2D eigenvalue weighted by molar-refractivity contribution is 7.80. The smallest absolute Gasteiger partial charge is 0.226 e. The summed E-state index contributed by atoms with van der Waals surface area (Å²) < 4.78 is 5.40. The Hall–Kier alpha value is -0.680. The molecule has 0 bridgehead atoms. The molecular formula is C13H22N2O2S. The van der Waals surface area contributed by atoms with E-state index in [1.54, 1.807) is 0 Å². The summed E-state index contributed by atoms with van der Waals surface area (Å²) in [5.74, 6) is 0.903. The van der Waals surface area contributed by atoms with Crippen LogP contribution in [0.2, 0.25) is 0 Å². The third-order valence-corrected chi connectivity index (χ3v) is 4.43. The van der Waals surface area contributed by atoms with Crippen molar-refractivity contribution in [3.8, 4) is 0 Å². The molecule has 0 aromatic heterocycles. The standard InChI is InChI=1S/C13H22N2O2S/c1-9-8-17-6-4-11(9)13(16)15-5-2-3-10(7-15)12(14)18/h9-11H,2-8H2,1H3,(H2,14,18). The highest BCUT2D eigenvalue weighted by Crippen LogP contribution is 2.26. The molecule has 0 radical (unpaired) electrons. The van der Waals surface area contributed by atoms with Gasteiger partial charge in [-0.05, 0) is 25.2 Å². The van der Waals surface area contributed by atoms with Gasteiger partial charge in [-0.1, -0.05) is 19.1 Å². The molecule has 2 saturated heterocycles. The number of nitrogens with two attached hydrogens (primary N) is 1. The van der Waals surface area contributed by atoms with Crippen molar-refractivity contribution < 1.29 is 9.53 Å². The Bertz CT molecular complexity index is 335. The first-order valence-corrected chi connectivity index (χ1v) is 7.16. The lowest BCUT2D eigenvalue weighted by Gasteiger charge is -2.37. The molecule has 1 amide bonds. The Morgan fingerprint density at radius 3 is 2.89 bits per heavy atom. The van der Waals surface area contributed by atoms with Crippen LogP contribution in [0.15, 0.2) is 0 Å². The summed E-state index contributed by atoms with van der Waals surface area (Å²) in [4.78, 5) is 15.0. The van der Waals surface area contributed by atoms with Crippen molar-refractivity contribution >= 4 is 23.1 Å². The molecule has 2 N–H and O–H groups in total. The van der Waals surface area contributed by atoms with Gasteiger partial charge in [-0.3, -0.25) is 4.79 Å². The van der Waals surface area contributed by atoms with E-state index in [9.17, 15) is 4.79 Å². The Labute approximate surface area is 114 Å². The second-order valence-electron chi connectivity index (χ2n) is 5.47. The average Bonchev–Trinajstić information content (AvgIpc) is 2.38. The van der Waals surface area contributed by atoms with Crippen LogP contribution in [0, 0.1) is 17.8 Å². The molecule has 2 heterocycles. The fourth-order valence-electron chi connectivity index (χ4n) is 2.89. The average molecular weight is 270 g/mol. The van der Waals surface area contributed by atoms with E-state index < -0.39 is 0 Å². The second-order valence-corrected chi connectivity index (χ2v) is 5.94. The monoisotopic (exact) mass is 270 g/mol. The van der Waals surface area contributed by atoms with Crippen LogP contribution in [0.4, 0.5) is 0 Å². The molecule has 2 aliphatic heterocycles. The first-order chi connectivity index (χ1) is 8.59. The number of piperidine rings is 1. The summed E-state index contributed by atoms with van der Waals surface area (Å²) >= 11 is 5.05. The molecule has 5 heteroatoms. The normalized spacial score (nSPS) is 33.2. The number of thiocarbonyl (C=S) groups is 1. The lowest BCUT2D eigenvalue weighted by molar-refractivity contribution is -0.142.